The summed E-state index contributed by atoms with van der Waals surface area (Å²) in [7, 11) is 12.3. The summed E-state index contributed by atoms with van der Waals surface area (Å²) in [5, 5.41) is 0. The van der Waals surface area contributed by atoms with Crippen molar-refractivity contribution >= 4 is 29.6 Å². The number of methoxy groups -OCH3 is 4. The van der Waals surface area contributed by atoms with Crippen LogP contribution in [0.5, 0.6) is 28.9 Å². The van der Waals surface area contributed by atoms with E-state index in [-0.39, 0.29) is 63.5 Å². The number of aromatic amines is 1. The second-order valence-electron chi connectivity index (χ2n) is 14.0. The van der Waals surface area contributed by atoms with Crippen molar-refractivity contribution in [3.8, 4) is 28.9 Å². The second kappa shape index (κ2) is 18.6. The molecule has 4 heterocycles. The Morgan fingerprint density at radius 1 is 0.661 bits per heavy atom. The maximum absolute atomic E-state index is 13.4. The molecular formula is C42H48N6O11. The van der Waals surface area contributed by atoms with Crippen molar-refractivity contribution in [3.05, 3.63) is 104 Å². The van der Waals surface area contributed by atoms with Crippen LogP contribution in [0.15, 0.2) is 53.3 Å². The number of fused-ring (bicyclic) bond motifs is 2. The van der Waals surface area contributed by atoms with E-state index in [1.807, 2.05) is 48.5 Å². The van der Waals surface area contributed by atoms with Crippen LogP contribution >= 0.6 is 0 Å². The lowest BCUT2D eigenvalue weighted by atomic mass is 9.95. The van der Waals surface area contributed by atoms with Gasteiger partial charge in [-0.25, -0.2) is 4.98 Å². The molecule has 0 bridgehead atoms. The molecule has 2 aliphatic heterocycles. The fourth-order valence-electron chi connectivity index (χ4n) is 6.75. The Kier molecular flexibility index (Phi) is 13.6. The average molecular weight is 813 g/mol. The van der Waals surface area contributed by atoms with Crippen molar-refractivity contribution in [2.75, 3.05) is 69.7 Å². The molecule has 1 N–H and O–H groups in total. The summed E-state index contributed by atoms with van der Waals surface area (Å²) in [5.74, 6) is -0.768. The monoisotopic (exact) mass is 812 g/mol. The van der Waals surface area contributed by atoms with Gasteiger partial charge in [0.25, 0.3) is 35.1 Å². The van der Waals surface area contributed by atoms with Crippen LogP contribution in [0.25, 0.3) is 0 Å². The highest BCUT2D eigenvalue weighted by Crippen LogP contribution is 2.38. The van der Waals surface area contributed by atoms with Gasteiger partial charge in [-0.05, 0) is 53.8 Å². The van der Waals surface area contributed by atoms with Crippen LogP contribution in [-0.4, -0.2) is 129 Å². The fraction of sp³-hybridized carbons (Fsp3) is 0.357. The van der Waals surface area contributed by atoms with Gasteiger partial charge in [0.05, 0.1) is 39.6 Å². The number of pyridine rings is 2. The van der Waals surface area contributed by atoms with E-state index in [2.05, 4.69) is 9.97 Å². The number of H-pyrrole nitrogens is 1. The van der Waals surface area contributed by atoms with Crippen molar-refractivity contribution < 1.29 is 47.7 Å². The first-order valence-electron chi connectivity index (χ1n) is 18.5. The van der Waals surface area contributed by atoms with Crippen LogP contribution in [0.3, 0.4) is 0 Å². The number of ether oxygens (including phenoxy) is 5. The number of benzene rings is 2. The van der Waals surface area contributed by atoms with Crippen LogP contribution in [0.2, 0.25) is 0 Å². The lowest BCUT2D eigenvalue weighted by Gasteiger charge is -2.31. The zero-order valence-electron chi connectivity index (χ0n) is 34.6. The van der Waals surface area contributed by atoms with Gasteiger partial charge < -0.3 is 48.3 Å². The predicted octanol–water partition coefficient (Wildman–Crippen LogP) is 3.22. The largest absolute Gasteiger partial charge is 0.497 e. The second-order valence-corrected chi connectivity index (χ2v) is 14.0. The third-order valence-electron chi connectivity index (χ3n) is 9.71. The van der Waals surface area contributed by atoms with Gasteiger partial charge in [0, 0.05) is 66.9 Å². The molecule has 0 radical (unpaired) electrons. The number of esters is 1. The number of aromatic nitrogens is 2. The van der Waals surface area contributed by atoms with E-state index in [0.29, 0.717) is 50.1 Å². The van der Waals surface area contributed by atoms with E-state index in [1.165, 1.54) is 30.9 Å². The van der Waals surface area contributed by atoms with Crippen LogP contribution in [0.4, 0.5) is 0 Å². The Bertz CT molecular complexity index is 2300. The summed E-state index contributed by atoms with van der Waals surface area (Å²) in [6.07, 6.45) is 0.856. The van der Waals surface area contributed by atoms with E-state index in [4.69, 9.17) is 23.7 Å². The third kappa shape index (κ3) is 9.29. The van der Waals surface area contributed by atoms with E-state index in [9.17, 15) is 28.8 Å². The molecule has 0 fully saturated rings. The summed E-state index contributed by atoms with van der Waals surface area (Å²) >= 11 is 0. The molecule has 6 rings (SSSR count). The molecular weight excluding hydrogens is 764 g/mol. The SMILES string of the molecule is COc1ccc(CN2CCc3c(C(=O)N(C)C)[nH]c(=O)c(OC)c3C2=O)cc1.COc1ccc(CN2CCc3c(C(=O)N(C)C)nc(OC(C)=O)c(OC)c3C2=O)cc1. The topological polar surface area (TPSA) is 190 Å². The first kappa shape index (κ1) is 43.2. The zero-order valence-corrected chi connectivity index (χ0v) is 34.6. The highest BCUT2D eigenvalue weighted by atomic mass is 16.6. The average Bonchev–Trinajstić information content (AvgIpc) is 3.22. The van der Waals surface area contributed by atoms with Gasteiger partial charge in [-0.15, -0.1) is 0 Å². The minimum atomic E-state index is -0.632. The van der Waals surface area contributed by atoms with Crippen molar-refractivity contribution in [2.24, 2.45) is 0 Å². The molecule has 59 heavy (non-hydrogen) atoms. The molecule has 2 aliphatic rings. The number of hydrogen-bond donors (Lipinski definition) is 1. The number of carbonyl (C=O) groups excluding carboxylic acids is 5. The van der Waals surface area contributed by atoms with Crippen molar-refractivity contribution in [1.29, 1.82) is 0 Å². The van der Waals surface area contributed by atoms with Gasteiger partial charge in [-0.3, -0.25) is 28.8 Å². The lowest BCUT2D eigenvalue weighted by molar-refractivity contribution is -0.132. The Balaban J connectivity index is 0.000000225. The van der Waals surface area contributed by atoms with E-state index < -0.39 is 11.5 Å². The molecule has 0 spiro atoms. The summed E-state index contributed by atoms with van der Waals surface area (Å²) in [6, 6.07) is 14.9. The van der Waals surface area contributed by atoms with Gasteiger partial charge in [-0.2, -0.15) is 0 Å². The maximum Gasteiger partial charge on any atom is 0.309 e. The Morgan fingerprint density at radius 3 is 1.54 bits per heavy atom. The van der Waals surface area contributed by atoms with Crippen molar-refractivity contribution in [3.63, 3.8) is 0 Å². The van der Waals surface area contributed by atoms with E-state index in [0.717, 1.165) is 22.6 Å². The first-order chi connectivity index (χ1) is 28.1. The molecule has 0 aliphatic carbocycles. The Hall–Kier alpha value is -6.91. The minimum absolute atomic E-state index is 0.0462. The normalized spacial score (nSPS) is 13.0. The first-order valence-corrected chi connectivity index (χ1v) is 18.5. The van der Waals surface area contributed by atoms with Gasteiger partial charge in [0.2, 0.25) is 0 Å². The number of rotatable bonds is 11. The molecule has 2 aromatic carbocycles. The van der Waals surface area contributed by atoms with Gasteiger partial charge in [0.15, 0.2) is 11.5 Å². The van der Waals surface area contributed by atoms with Crippen LogP contribution in [0, 0.1) is 0 Å². The van der Waals surface area contributed by atoms with Gasteiger partial charge >= 0.3 is 5.97 Å². The smallest absolute Gasteiger partial charge is 0.309 e. The van der Waals surface area contributed by atoms with Crippen molar-refractivity contribution in [2.45, 2.75) is 32.9 Å². The number of nitrogens with one attached hydrogen (secondary N) is 1. The molecule has 0 saturated heterocycles. The standard InChI is InChI=1S/C22H25N3O6.C20H23N3O5/c1-13(26)31-20-19(30-5)17-16(18(23-20)22(28)24(2)3)10-11-25(21(17)27)12-14-6-8-15(29-4)9-7-14;1-22(2)20(26)16-14-9-10-23(11-12-5-7-13(27-3)8-6-12)19(25)15(14)17(28-4)18(24)21-16/h6-9H,10-12H2,1-5H3;5-8H,9-11H2,1-4H3,(H,21,24). The molecule has 17 nitrogen and oxygen atoms in total. The summed E-state index contributed by atoms with van der Waals surface area (Å²) in [4.78, 5) is 88.7. The Morgan fingerprint density at radius 2 is 1.12 bits per heavy atom. The molecule has 4 aromatic rings. The van der Waals surface area contributed by atoms with E-state index >= 15 is 0 Å². The van der Waals surface area contributed by atoms with Gasteiger partial charge in [-0.1, -0.05) is 24.3 Å². The zero-order chi connectivity index (χ0) is 43.1. The number of carbonyl (C=O) groups is 5. The summed E-state index contributed by atoms with van der Waals surface area (Å²) in [6.45, 7) is 2.80. The van der Waals surface area contributed by atoms with Crippen LogP contribution < -0.4 is 29.2 Å². The van der Waals surface area contributed by atoms with Gasteiger partial charge in [0.1, 0.15) is 22.9 Å². The highest BCUT2D eigenvalue weighted by Gasteiger charge is 2.36. The quantitative estimate of drug-likeness (QED) is 0.218. The molecule has 0 atom stereocenters. The third-order valence-corrected chi connectivity index (χ3v) is 9.71. The molecule has 4 amide bonds. The van der Waals surface area contributed by atoms with Crippen LogP contribution in [-0.2, 0) is 30.7 Å². The molecule has 17 heteroatoms. The Labute approximate surface area is 341 Å². The van der Waals surface area contributed by atoms with E-state index in [1.54, 1.807) is 52.2 Å². The lowest BCUT2D eigenvalue weighted by Crippen LogP contribution is -2.40. The highest BCUT2D eigenvalue weighted by molar-refractivity contribution is 6.05. The predicted molar refractivity (Wildman–Crippen MR) is 215 cm³/mol. The number of nitrogens with zero attached hydrogens (tertiary/aromatic N) is 5. The maximum atomic E-state index is 13.4. The summed E-state index contributed by atoms with van der Waals surface area (Å²) in [5.41, 5.74) is 2.86. The fourth-order valence-corrected chi connectivity index (χ4v) is 6.75. The summed E-state index contributed by atoms with van der Waals surface area (Å²) < 4.78 is 26.1. The number of hydrogen-bond acceptors (Lipinski definition) is 12. The number of amides is 4. The molecule has 312 valence electrons. The van der Waals surface area contributed by atoms with Crippen LogP contribution in [0.1, 0.15) is 70.9 Å². The molecule has 0 unspecified atom stereocenters. The molecule has 0 saturated carbocycles. The minimum Gasteiger partial charge on any atom is -0.497 e. The van der Waals surface area contributed by atoms with Crippen molar-refractivity contribution in [1.82, 2.24) is 29.6 Å². The molecule has 2 aromatic heterocycles.